The normalized spacial score (nSPS) is 14.9. The van der Waals surface area contributed by atoms with Gasteiger partial charge in [0.05, 0.1) is 37.4 Å². The van der Waals surface area contributed by atoms with Gasteiger partial charge >= 0.3 is 0 Å². The zero-order valence-electron chi connectivity index (χ0n) is 17.4. The molecular formula is C23H26N3O3S+. The monoisotopic (exact) mass is 424 g/mol. The second kappa shape index (κ2) is 7.89. The number of nitrogens with zero attached hydrogens (tertiary/aromatic N) is 2. The molecule has 1 aromatic heterocycles. The van der Waals surface area contributed by atoms with Crippen molar-refractivity contribution in [3.05, 3.63) is 47.0 Å². The van der Waals surface area contributed by atoms with Crippen molar-refractivity contribution in [3.8, 4) is 11.5 Å². The fourth-order valence-electron chi connectivity index (χ4n) is 4.06. The first-order valence-corrected chi connectivity index (χ1v) is 11.3. The summed E-state index contributed by atoms with van der Waals surface area (Å²) in [5, 5.41) is 0.720. The molecule has 7 heteroatoms. The van der Waals surface area contributed by atoms with Crippen LogP contribution in [0.25, 0.3) is 10.2 Å². The predicted octanol–water partition coefficient (Wildman–Crippen LogP) is 2.70. The molecule has 0 spiro atoms. The lowest BCUT2D eigenvalue weighted by Gasteiger charge is -2.22. The van der Waals surface area contributed by atoms with Crippen molar-refractivity contribution in [2.24, 2.45) is 0 Å². The smallest absolute Gasteiger partial charge is 0.260 e. The molecule has 2 aromatic carbocycles. The van der Waals surface area contributed by atoms with Gasteiger partial charge in [0.15, 0.2) is 16.6 Å². The fourth-order valence-corrected chi connectivity index (χ4v) is 5.06. The Balaban J connectivity index is 1.50. The van der Waals surface area contributed by atoms with Crippen LogP contribution in [0.1, 0.15) is 34.3 Å². The topological polar surface area (TPSA) is 56.1 Å². The van der Waals surface area contributed by atoms with Crippen LogP contribution in [-0.4, -0.2) is 44.9 Å². The number of aromatic nitrogens is 1. The maximum Gasteiger partial charge on any atom is 0.260 e. The minimum absolute atomic E-state index is 0.0173. The molecular weight excluding hydrogens is 398 g/mol. The van der Waals surface area contributed by atoms with Gasteiger partial charge in [-0.1, -0.05) is 17.4 Å². The first kappa shape index (κ1) is 19.3. The van der Waals surface area contributed by atoms with Gasteiger partial charge in [0, 0.05) is 17.7 Å². The Morgan fingerprint density at radius 2 is 1.87 bits per heavy atom. The van der Waals surface area contributed by atoms with Crippen molar-refractivity contribution in [3.63, 3.8) is 0 Å². The van der Waals surface area contributed by atoms with Gasteiger partial charge < -0.3 is 14.4 Å². The van der Waals surface area contributed by atoms with Gasteiger partial charge in [0.2, 0.25) is 6.79 Å². The van der Waals surface area contributed by atoms with E-state index in [-0.39, 0.29) is 12.7 Å². The van der Waals surface area contributed by atoms with Crippen molar-refractivity contribution in [1.29, 1.82) is 0 Å². The molecule has 2 heterocycles. The van der Waals surface area contributed by atoms with Crippen molar-refractivity contribution in [1.82, 2.24) is 4.98 Å². The molecule has 1 aliphatic heterocycles. The van der Waals surface area contributed by atoms with Crippen LogP contribution < -0.4 is 19.3 Å². The van der Waals surface area contributed by atoms with E-state index in [4.69, 9.17) is 14.5 Å². The van der Waals surface area contributed by atoms with Gasteiger partial charge in [-0.05, 0) is 48.9 Å². The van der Waals surface area contributed by atoms with Gasteiger partial charge in [-0.15, -0.1) is 0 Å². The SMILES string of the molecule is C[NH+](C)CCN(C(=O)c1ccc2c(c1)CCCC2)c1nc2cc3c(cc2s1)OCO3. The molecule has 1 aliphatic carbocycles. The highest BCUT2D eigenvalue weighted by Gasteiger charge is 2.25. The van der Waals surface area contributed by atoms with Crippen molar-refractivity contribution < 1.29 is 19.2 Å². The minimum atomic E-state index is 0.0173. The number of anilines is 1. The number of fused-ring (bicyclic) bond motifs is 3. The van der Waals surface area contributed by atoms with Crippen LogP contribution in [0.3, 0.4) is 0 Å². The molecule has 0 saturated carbocycles. The van der Waals surface area contributed by atoms with Crippen LogP contribution in [0.4, 0.5) is 5.13 Å². The molecule has 0 saturated heterocycles. The first-order valence-electron chi connectivity index (χ1n) is 10.5. The van der Waals surface area contributed by atoms with E-state index in [1.807, 2.05) is 23.1 Å². The van der Waals surface area contributed by atoms with E-state index < -0.39 is 0 Å². The summed E-state index contributed by atoms with van der Waals surface area (Å²) >= 11 is 1.52. The van der Waals surface area contributed by atoms with Gasteiger partial charge in [-0.2, -0.15) is 0 Å². The van der Waals surface area contributed by atoms with Crippen LogP contribution in [-0.2, 0) is 12.8 Å². The summed E-state index contributed by atoms with van der Waals surface area (Å²) in [6.45, 7) is 1.70. The second-order valence-electron chi connectivity index (χ2n) is 8.27. The van der Waals surface area contributed by atoms with E-state index in [0.717, 1.165) is 46.0 Å². The summed E-state index contributed by atoms with van der Waals surface area (Å²) in [6.07, 6.45) is 4.61. The summed E-state index contributed by atoms with van der Waals surface area (Å²) < 4.78 is 12.0. The Hall–Kier alpha value is -2.64. The van der Waals surface area contributed by atoms with E-state index in [1.54, 1.807) is 0 Å². The largest absolute Gasteiger partial charge is 0.454 e. The molecule has 3 aromatic rings. The average Bonchev–Trinajstić information content (AvgIpc) is 3.37. The third-order valence-corrected chi connectivity index (χ3v) is 6.82. The molecule has 0 bridgehead atoms. The lowest BCUT2D eigenvalue weighted by Crippen LogP contribution is -3.06. The standard InChI is InChI=1S/C23H25N3O3S/c1-25(2)9-10-26(22(27)17-8-7-15-5-3-4-6-16(15)11-17)23-24-18-12-19-20(29-14-28-19)13-21(18)30-23/h7-8,11-13H,3-6,9-10,14H2,1-2H3/p+1. The summed E-state index contributed by atoms with van der Waals surface area (Å²) in [7, 11) is 4.19. The number of amides is 1. The molecule has 0 fully saturated rings. The second-order valence-corrected chi connectivity index (χ2v) is 9.28. The van der Waals surface area contributed by atoms with Crippen molar-refractivity contribution >= 4 is 32.6 Å². The molecule has 156 valence electrons. The lowest BCUT2D eigenvalue weighted by molar-refractivity contribution is -0.856. The number of hydrogen-bond acceptors (Lipinski definition) is 5. The number of nitrogens with one attached hydrogen (secondary N) is 1. The van der Waals surface area contributed by atoms with Crippen molar-refractivity contribution in [2.45, 2.75) is 25.7 Å². The molecule has 0 atom stereocenters. The van der Waals surface area contributed by atoms with E-state index in [2.05, 4.69) is 26.2 Å². The van der Waals surface area contributed by atoms with Gasteiger partial charge in [-0.3, -0.25) is 9.69 Å². The van der Waals surface area contributed by atoms with E-state index in [0.29, 0.717) is 12.3 Å². The van der Waals surface area contributed by atoms with Gasteiger partial charge in [-0.25, -0.2) is 4.98 Å². The number of quaternary nitrogens is 1. The van der Waals surface area contributed by atoms with Crippen molar-refractivity contribution in [2.75, 3.05) is 38.9 Å². The zero-order chi connectivity index (χ0) is 20.7. The molecule has 0 radical (unpaired) electrons. The number of likely N-dealkylation sites (N-methyl/N-ethyl adjacent to an activating group) is 1. The van der Waals surface area contributed by atoms with Crippen LogP contribution >= 0.6 is 11.3 Å². The average molecular weight is 425 g/mol. The summed E-state index contributed by atoms with van der Waals surface area (Å²) in [5.41, 5.74) is 4.29. The first-order chi connectivity index (χ1) is 14.6. The molecule has 1 N–H and O–H groups in total. The van der Waals surface area contributed by atoms with E-state index >= 15 is 0 Å². The quantitative estimate of drug-likeness (QED) is 0.684. The number of hydrogen-bond donors (Lipinski definition) is 1. The summed E-state index contributed by atoms with van der Waals surface area (Å²) in [4.78, 5) is 21.5. The number of rotatable bonds is 5. The molecule has 5 rings (SSSR count). The Labute approximate surface area is 180 Å². The molecule has 1 amide bonds. The number of aryl methyl sites for hydroxylation is 2. The number of ether oxygens (including phenoxy) is 2. The highest BCUT2D eigenvalue weighted by Crippen LogP contribution is 2.40. The number of carbonyl (C=O) groups is 1. The van der Waals surface area contributed by atoms with Crippen LogP contribution in [0.5, 0.6) is 11.5 Å². The minimum Gasteiger partial charge on any atom is -0.454 e. The summed E-state index contributed by atoms with van der Waals surface area (Å²) in [5.74, 6) is 1.47. The lowest BCUT2D eigenvalue weighted by atomic mass is 9.90. The maximum absolute atomic E-state index is 13.6. The Morgan fingerprint density at radius 3 is 2.67 bits per heavy atom. The highest BCUT2D eigenvalue weighted by atomic mass is 32.1. The van der Waals surface area contributed by atoms with Gasteiger partial charge in [0.25, 0.3) is 5.91 Å². The van der Waals surface area contributed by atoms with E-state index in [1.165, 1.54) is 40.2 Å². The number of thiazole rings is 1. The maximum atomic E-state index is 13.6. The fraction of sp³-hybridized carbons (Fsp3) is 0.391. The van der Waals surface area contributed by atoms with Crippen LogP contribution in [0.2, 0.25) is 0 Å². The number of benzene rings is 2. The molecule has 2 aliphatic rings. The third-order valence-electron chi connectivity index (χ3n) is 5.78. The Morgan fingerprint density at radius 1 is 1.10 bits per heavy atom. The number of carbonyl (C=O) groups excluding carboxylic acids is 1. The van der Waals surface area contributed by atoms with Crippen LogP contribution in [0, 0.1) is 0 Å². The van der Waals surface area contributed by atoms with E-state index in [9.17, 15) is 4.79 Å². The molecule has 0 unspecified atom stereocenters. The third kappa shape index (κ3) is 3.63. The van der Waals surface area contributed by atoms with Crippen LogP contribution in [0.15, 0.2) is 30.3 Å². The molecule has 30 heavy (non-hydrogen) atoms. The predicted molar refractivity (Wildman–Crippen MR) is 118 cm³/mol. The highest BCUT2D eigenvalue weighted by molar-refractivity contribution is 7.22. The Bertz CT molecular complexity index is 1070. The zero-order valence-corrected chi connectivity index (χ0v) is 18.2. The van der Waals surface area contributed by atoms with Gasteiger partial charge in [0.1, 0.15) is 0 Å². The Kier molecular flexibility index (Phi) is 5.08. The molecule has 6 nitrogen and oxygen atoms in total. The summed E-state index contributed by atoms with van der Waals surface area (Å²) in [6, 6.07) is 10.1.